The van der Waals surface area contributed by atoms with Gasteiger partial charge in [0.2, 0.25) is 0 Å². The summed E-state index contributed by atoms with van der Waals surface area (Å²) < 4.78 is 5.54. The zero-order chi connectivity index (χ0) is 22.7. The number of phenols is 2. The first-order chi connectivity index (χ1) is 15.5. The van der Waals surface area contributed by atoms with Crippen molar-refractivity contribution in [2.24, 2.45) is 0 Å². The van der Waals surface area contributed by atoms with Gasteiger partial charge in [0.05, 0.1) is 29.5 Å². The van der Waals surface area contributed by atoms with Crippen LogP contribution in [0.1, 0.15) is 16.8 Å². The molecule has 2 heterocycles. The summed E-state index contributed by atoms with van der Waals surface area (Å²) in [6.45, 7) is 3.16. The zero-order valence-corrected chi connectivity index (χ0v) is 18.3. The number of hydrogen-bond acceptors (Lipinski definition) is 8. The van der Waals surface area contributed by atoms with Crippen molar-refractivity contribution in [2.75, 3.05) is 37.7 Å². The first kappa shape index (κ1) is 22.4. The van der Waals surface area contributed by atoms with Gasteiger partial charge < -0.3 is 29.8 Å². The lowest BCUT2D eigenvalue weighted by atomic mass is 10.0. The molecule has 0 bridgehead atoms. The third-order valence-electron chi connectivity index (χ3n) is 5.67. The van der Waals surface area contributed by atoms with Crippen LogP contribution >= 0.6 is 11.6 Å². The highest BCUT2D eigenvalue weighted by molar-refractivity contribution is 6.32. The van der Waals surface area contributed by atoms with Gasteiger partial charge in [0.15, 0.2) is 5.76 Å². The molecule has 4 rings (SSSR count). The van der Waals surface area contributed by atoms with Crippen molar-refractivity contribution >= 4 is 17.3 Å². The molecule has 4 N–H and O–H groups in total. The average Bonchev–Trinajstić information content (AvgIpc) is 3.20. The molecule has 8 nitrogen and oxygen atoms in total. The van der Waals surface area contributed by atoms with Crippen LogP contribution in [-0.4, -0.2) is 63.3 Å². The highest BCUT2D eigenvalue weighted by Gasteiger charge is 2.27. The number of aliphatic hydroxyl groups excluding tert-OH is 2. The summed E-state index contributed by atoms with van der Waals surface area (Å²) in [5, 5.41) is 42.7. The summed E-state index contributed by atoms with van der Waals surface area (Å²) in [6, 6.07) is 10.8. The number of aromatic hydroxyl groups is 2. The van der Waals surface area contributed by atoms with E-state index in [2.05, 4.69) is 10.1 Å². The first-order valence-electron chi connectivity index (χ1n) is 10.5. The second-order valence-corrected chi connectivity index (χ2v) is 8.23. The van der Waals surface area contributed by atoms with Crippen LogP contribution < -0.4 is 4.90 Å². The largest absolute Gasteiger partial charge is 0.507 e. The Balaban J connectivity index is 1.50. The van der Waals surface area contributed by atoms with E-state index in [1.165, 1.54) is 12.1 Å². The molecule has 3 aromatic rings. The molecule has 0 atom stereocenters. The van der Waals surface area contributed by atoms with Gasteiger partial charge in [-0.25, -0.2) is 0 Å². The van der Waals surface area contributed by atoms with E-state index in [0.717, 1.165) is 42.0 Å². The Morgan fingerprint density at radius 3 is 2.44 bits per heavy atom. The Hall–Kier alpha value is -2.78. The number of aliphatic hydroxyl groups is 2. The monoisotopic (exact) mass is 459 g/mol. The molecule has 9 heteroatoms. The maximum absolute atomic E-state index is 10.3. The van der Waals surface area contributed by atoms with Gasteiger partial charge in [-0.05, 0) is 23.8 Å². The van der Waals surface area contributed by atoms with E-state index in [4.69, 9.17) is 16.1 Å². The molecule has 0 fully saturated rings. The second kappa shape index (κ2) is 9.79. The molecule has 0 saturated heterocycles. The van der Waals surface area contributed by atoms with Crippen molar-refractivity contribution in [3.63, 3.8) is 0 Å². The average molecular weight is 460 g/mol. The molecule has 0 saturated carbocycles. The van der Waals surface area contributed by atoms with Crippen LogP contribution in [0.25, 0.3) is 11.3 Å². The molecule has 0 radical (unpaired) electrons. The third-order valence-corrected chi connectivity index (χ3v) is 5.98. The predicted octanol–water partition coefficient (Wildman–Crippen LogP) is 2.76. The standard InChI is InChI=1S/C23H26ClN3O5/c24-19-11-17(21(30)12-22(19)31)23-18-14-26(6-5-20(18)25-32-23)13-15-1-3-16(4-2-15)27(7-9-28)8-10-29/h1-4,11-12,28-31H,5-10,13-14H2. The number of phenolic OH excluding ortho intramolecular Hbond substituents is 2. The summed E-state index contributed by atoms with van der Waals surface area (Å²) in [7, 11) is 0. The summed E-state index contributed by atoms with van der Waals surface area (Å²) in [5.74, 6) is 0.153. The molecule has 0 unspecified atom stereocenters. The minimum absolute atomic E-state index is 0.0285. The lowest BCUT2D eigenvalue weighted by Gasteiger charge is -2.27. The molecule has 0 spiro atoms. The maximum atomic E-state index is 10.3. The molecule has 1 aromatic heterocycles. The van der Waals surface area contributed by atoms with E-state index in [9.17, 15) is 20.4 Å². The molecule has 2 aromatic carbocycles. The van der Waals surface area contributed by atoms with Crippen molar-refractivity contribution < 1.29 is 24.9 Å². The summed E-state index contributed by atoms with van der Waals surface area (Å²) in [4.78, 5) is 4.21. The molecular formula is C23H26ClN3O5. The topological polar surface area (TPSA) is 113 Å². The quantitative estimate of drug-likeness (QED) is 0.406. The Morgan fingerprint density at radius 2 is 1.75 bits per heavy atom. The van der Waals surface area contributed by atoms with Crippen molar-refractivity contribution in [1.29, 1.82) is 0 Å². The predicted molar refractivity (Wildman–Crippen MR) is 121 cm³/mol. The van der Waals surface area contributed by atoms with Crippen molar-refractivity contribution in [3.8, 4) is 22.8 Å². The van der Waals surface area contributed by atoms with Crippen LogP contribution in [0.4, 0.5) is 5.69 Å². The number of benzene rings is 2. The zero-order valence-electron chi connectivity index (χ0n) is 17.5. The Bertz CT molecular complexity index is 1060. The number of rotatable bonds is 8. The Labute approximate surface area is 190 Å². The van der Waals surface area contributed by atoms with E-state index in [1.807, 2.05) is 29.2 Å². The molecule has 1 aliphatic heterocycles. The van der Waals surface area contributed by atoms with Crippen LogP contribution in [0.2, 0.25) is 5.02 Å². The highest BCUT2D eigenvalue weighted by Crippen LogP contribution is 2.40. The van der Waals surface area contributed by atoms with Gasteiger partial charge in [0.25, 0.3) is 0 Å². The molecule has 170 valence electrons. The van der Waals surface area contributed by atoms with E-state index in [-0.39, 0.29) is 29.7 Å². The molecule has 0 aliphatic carbocycles. The van der Waals surface area contributed by atoms with E-state index >= 15 is 0 Å². The fourth-order valence-electron chi connectivity index (χ4n) is 4.03. The maximum Gasteiger partial charge on any atom is 0.175 e. The number of aromatic nitrogens is 1. The van der Waals surface area contributed by atoms with Crippen LogP contribution in [0.3, 0.4) is 0 Å². The van der Waals surface area contributed by atoms with E-state index in [1.54, 1.807) is 0 Å². The van der Waals surface area contributed by atoms with Crippen molar-refractivity contribution in [1.82, 2.24) is 10.1 Å². The van der Waals surface area contributed by atoms with Crippen LogP contribution in [-0.2, 0) is 19.5 Å². The number of hydrogen-bond donors (Lipinski definition) is 4. The number of halogens is 1. The van der Waals surface area contributed by atoms with Crippen LogP contribution in [0.15, 0.2) is 40.9 Å². The highest BCUT2D eigenvalue weighted by atomic mass is 35.5. The number of fused-ring (bicyclic) bond motifs is 1. The van der Waals surface area contributed by atoms with Crippen molar-refractivity contribution in [2.45, 2.75) is 19.5 Å². The number of nitrogens with zero attached hydrogens (tertiary/aromatic N) is 3. The van der Waals surface area contributed by atoms with Crippen LogP contribution in [0, 0.1) is 0 Å². The van der Waals surface area contributed by atoms with Gasteiger partial charge in [-0.15, -0.1) is 0 Å². The Kier molecular flexibility index (Phi) is 6.86. The van der Waals surface area contributed by atoms with Gasteiger partial charge in [0, 0.05) is 56.5 Å². The van der Waals surface area contributed by atoms with Gasteiger partial charge in [-0.1, -0.05) is 28.9 Å². The Morgan fingerprint density at radius 1 is 1.03 bits per heavy atom. The second-order valence-electron chi connectivity index (χ2n) is 7.82. The van der Waals surface area contributed by atoms with Crippen LogP contribution in [0.5, 0.6) is 11.5 Å². The summed E-state index contributed by atoms with van der Waals surface area (Å²) >= 11 is 6.03. The number of anilines is 1. The summed E-state index contributed by atoms with van der Waals surface area (Å²) in [6.07, 6.45) is 0.726. The first-order valence-corrected chi connectivity index (χ1v) is 10.8. The molecule has 1 aliphatic rings. The summed E-state index contributed by atoms with van der Waals surface area (Å²) in [5.41, 5.74) is 4.26. The minimum Gasteiger partial charge on any atom is -0.507 e. The van der Waals surface area contributed by atoms with E-state index in [0.29, 0.717) is 31.0 Å². The molecule has 32 heavy (non-hydrogen) atoms. The van der Waals surface area contributed by atoms with Gasteiger partial charge >= 0.3 is 0 Å². The smallest absolute Gasteiger partial charge is 0.175 e. The fourth-order valence-corrected chi connectivity index (χ4v) is 4.19. The lowest BCUT2D eigenvalue weighted by molar-refractivity contribution is 0.245. The van der Waals surface area contributed by atoms with Gasteiger partial charge in [0.1, 0.15) is 11.5 Å². The van der Waals surface area contributed by atoms with Gasteiger partial charge in [-0.3, -0.25) is 4.90 Å². The molecule has 0 amide bonds. The minimum atomic E-state index is -0.192. The third kappa shape index (κ3) is 4.68. The van der Waals surface area contributed by atoms with Crippen molar-refractivity contribution in [3.05, 3.63) is 58.2 Å². The lowest BCUT2D eigenvalue weighted by Crippen LogP contribution is -2.30. The van der Waals surface area contributed by atoms with E-state index < -0.39 is 0 Å². The fraction of sp³-hybridized carbons (Fsp3) is 0.348. The van der Waals surface area contributed by atoms with Gasteiger partial charge in [-0.2, -0.15) is 0 Å². The molecular weight excluding hydrogens is 434 g/mol. The normalized spacial score (nSPS) is 13.8. The SMILES string of the molecule is OCCN(CCO)c1ccc(CN2CCc3noc(-c4cc(Cl)c(O)cc4O)c3C2)cc1.